The molecule has 2 amide bonds. The molecule has 0 aliphatic carbocycles. The van der Waals surface area contributed by atoms with Crippen LogP contribution in [-0.4, -0.2) is 23.6 Å². The van der Waals surface area contributed by atoms with E-state index in [0.717, 1.165) is 10.8 Å². The first-order chi connectivity index (χ1) is 13.1. The third-order valence-corrected chi connectivity index (χ3v) is 4.96. The number of rotatable bonds is 2. The highest BCUT2D eigenvalue weighted by Gasteiger charge is 2.56. The molecule has 0 radical (unpaired) electrons. The highest BCUT2D eigenvalue weighted by atomic mass is 19.1. The first-order valence-electron chi connectivity index (χ1n) is 8.50. The molecule has 3 aromatic carbocycles. The van der Waals surface area contributed by atoms with Crippen molar-refractivity contribution in [2.75, 3.05) is 4.90 Å². The summed E-state index contributed by atoms with van der Waals surface area (Å²) >= 11 is 0. The molecule has 0 N–H and O–H groups in total. The summed E-state index contributed by atoms with van der Waals surface area (Å²) in [5.74, 6) is -2.05. The molecular formula is C21H13FN2O3. The first kappa shape index (κ1) is 15.7. The van der Waals surface area contributed by atoms with Crippen molar-refractivity contribution >= 4 is 34.0 Å². The van der Waals surface area contributed by atoms with Crippen molar-refractivity contribution < 1.29 is 18.8 Å². The van der Waals surface area contributed by atoms with E-state index in [-0.39, 0.29) is 11.7 Å². The smallest absolute Gasteiger partial charge is 0.278 e. The molecule has 27 heavy (non-hydrogen) atoms. The zero-order valence-electron chi connectivity index (χ0n) is 14.0. The van der Waals surface area contributed by atoms with Crippen molar-refractivity contribution in [3.05, 3.63) is 78.1 Å². The Morgan fingerprint density at radius 3 is 2.44 bits per heavy atom. The summed E-state index contributed by atoms with van der Waals surface area (Å²) in [5.41, 5.74) is 1.44. The van der Waals surface area contributed by atoms with E-state index in [1.54, 1.807) is 6.07 Å². The van der Waals surface area contributed by atoms with Crippen LogP contribution in [0.4, 0.5) is 10.1 Å². The van der Waals surface area contributed by atoms with E-state index in [4.69, 9.17) is 4.84 Å². The molecule has 132 valence electrons. The lowest BCUT2D eigenvalue weighted by atomic mass is 9.94. The minimum Gasteiger partial charge on any atom is -0.381 e. The second kappa shape index (κ2) is 5.74. The molecule has 1 fully saturated rings. The Bertz CT molecular complexity index is 1120. The van der Waals surface area contributed by atoms with Crippen LogP contribution >= 0.6 is 0 Å². The summed E-state index contributed by atoms with van der Waals surface area (Å²) in [4.78, 5) is 32.6. The number of halogens is 1. The molecule has 2 aliphatic rings. The van der Waals surface area contributed by atoms with Gasteiger partial charge in [0, 0.05) is 10.9 Å². The lowest BCUT2D eigenvalue weighted by Crippen LogP contribution is -2.33. The van der Waals surface area contributed by atoms with Gasteiger partial charge in [0.25, 0.3) is 5.91 Å². The van der Waals surface area contributed by atoms with Crippen LogP contribution in [0.1, 0.15) is 5.56 Å². The number of nitrogens with zero attached hydrogens (tertiary/aromatic N) is 2. The molecule has 2 aliphatic heterocycles. The normalized spacial score (nSPS) is 21.4. The number of imide groups is 1. The van der Waals surface area contributed by atoms with Gasteiger partial charge in [-0.15, -0.1) is 0 Å². The van der Waals surface area contributed by atoms with Gasteiger partial charge in [-0.3, -0.25) is 9.59 Å². The van der Waals surface area contributed by atoms with Crippen LogP contribution in [0, 0.1) is 11.7 Å². The summed E-state index contributed by atoms with van der Waals surface area (Å²) in [6, 6.07) is 18.7. The van der Waals surface area contributed by atoms with Crippen molar-refractivity contribution in [1.82, 2.24) is 0 Å². The number of oxime groups is 1. The van der Waals surface area contributed by atoms with Gasteiger partial charge in [-0.05, 0) is 23.6 Å². The maximum absolute atomic E-state index is 13.2. The van der Waals surface area contributed by atoms with Crippen LogP contribution in [-0.2, 0) is 14.4 Å². The predicted molar refractivity (Wildman–Crippen MR) is 97.7 cm³/mol. The number of hydrogen-bond donors (Lipinski definition) is 0. The molecule has 3 aromatic rings. The Balaban J connectivity index is 1.58. The molecule has 5 rings (SSSR count). The van der Waals surface area contributed by atoms with Crippen molar-refractivity contribution in [2.45, 2.75) is 6.10 Å². The van der Waals surface area contributed by atoms with Crippen LogP contribution in [0.25, 0.3) is 10.8 Å². The maximum atomic E-state index is 13.2. The standard InChI is InChI=1S/C21H13FN2O3/c22-14-10-8-13(9-11-14)18-17-19(27-23-18)21(26)24(20(17)25)16-7-3-5-12-4-1-2-6-15(12)16/h1-11,17,19H/t17-,19-/m0/s1. The third-order valence-electron chi connectivity index (χ3n) is 4.96. The number of fused-ring (bicyclic) bond motifs is 2. The van der Waals surface area contributed by atoms with E-state index in [1.807, 2.05) is 36.4 Å². The van der Waals surface area contributed by atoms with Crippen LogP contribution in [0.3, 0.4) is 0 Å². The Labute approximate surface area is 153 Å². The van der Waals surface area contributed by atoms with Crippen molar-refractivity contribution in [3.63, 3.8) is 0 Å². The average Bonchev–Trinajstić information content (AvgIpc) is 3.23. The van der Waals surface area contributed by atoms with Gasteiger partial charge >= 0.3 is 0 Å². The van der Waals surface area contributed by atoms with Gasteiger partial charge in [0.15, 0.2) is 0 Å². The van der Waals surface area contributed by atoms with Gasteiger partial charge in [0.2, 0.25) is 12.0 Å². The highest BCUT2D eigenvalue weighted by Crippen LogP contribution is 2.37. The Morgan fingerprint density at radius 1 is 0.889 bits per heavy atom. The average molecular weight is 360 g/mol. The van der Waals surface area contributed by atoms with Gasteiger partial charge in [-0.2, -0.15) is 0 Å². The molecule has 0 saturated carbocycles. The van der Waals surface area contributed by atoms with Gasteiger partial charge in [-0.25, -0.2) is 9.29 Å². The fraction of sp³-hybridized carbons (Fsp3) is 0.0952. The number of amides is 2. The fourth-order valence-electron chi connectivity index (χ4n) is 3.68. The Kier molecular flexibility index (Phi) is 3.33. The molecule has 2 atom stereocenters. The van der Waals surface area contributed by atoms with Gasteiger partial charge in [0.05, 0.1) is 5.69 Å². The van der Waals surface area contributed by atoms with Crippen molar-refractivity contribution in [2.24, 2.45) is 11.1 Å². The van der Waals surface area contributed by atoms with E-state index in [9.17, 15) is 14.0 Å². The third kappa shape index (κ3) is 2.26. The zero-order chi connectivity index (χ0) is 18.5. The van der Waals surface area contributed by atoms with E-state index in [1.165, 1.54) is 29.2 Å². The van der Waals surface area contributed by atoms with E-state index in [2.05, 4.69) is 5.16 Å². The van der Waals surface area contributed by atoms with Gasteiger partial charge in [0.1, 0.15) is 17.4 Å². The van der Waals surface area contributed by atoms with Crippen LogP contribution in [0.5, 0.6) is 0 Å². The molecule has 0 spiro atoms. The Morgan fingerprint density at radius 2 is 1.63 bits per heavy atom. The molecule has 5 nitrogen and oxygen atoms in total. The minimum atomic E-state index is -0.989. The monoisotopic (exact) mass is 360 g/mol. The van der Waals surface area contributed by atoms with Crippen molar-refractivity contribution in [3.8, 4) is 0 Å². The van der Waals surface area contributed by atoms with Crippen LogP contribution in [0.15, 0.2) is 71.9 Å². The summed E-state index contributed by atoms with van der Waals surface area (Å²) in [6.07, 6.45) is -0.989. The van der Waals surface area contributed by atoms with E-state index >= 15 is 0 Å². The number of hydrogen-bond acceptors (Lipinski definition) is 4. The largest absolute Gasteiger partial charge is 0.381 e. The number of carbonyl (C=O) groups is 2. The molecule has 0 bridgehead atoms. The summed E-state index contributed by atoms with van der Waals surface area (Å²) in [5, 5.41) is 5.68. The molecule has 1 saturated heterocycles. The predicted octanol–water partition coefficient (Wildman–Crippen LogP) is 3.27. The quantitative estimate of drug-likeness (QED) is 0.659. The van der Waals surface area contributed by atoms with Gasteiger partial charge < -0.3 is 4.84 Å². The second-order valence-corrected chi connectivity index (χ2v) is 6.50. The topological polar surface area (TPSA) is 59.0 Å². The molecule has 6 heteroatoms. The second-order valence-electron chi connectivity index (χ2n) is 6.50. The van der Waals surface area contributed by atoms with Crippen LogP contribution in [0.2, 0.25) is 0 Å². The van der Waals surface area contributed by atoms with E-state index < -0.39 is 17.9 Å². The first-order valence-corrected chi connectivity index (χ1v) is 8.50. The van der Waals surface area contributed by atoms with Gasteiger partial charge in [-0.1, -0.05) is 53.7 Å². The minimum absolute atomic E-state index is 0.348. The van der Waals surface area contributed by atoms with E-state index in [0.29, 0.717) is 17.0 Å². The fourth-order valence-corrected chi connectivity index (χ4v) is 3.68. The number of anilines is 1. The SMILES string of the molecule is O=C1[C@H]2C(c3ccc(F)cc3)=NO[C@@H]2C(=O)N1c1cccc2ccccc12. The molecule has 2 heterocycles. The summed E-state index contributed by atoms with van der Waals surface area (Å²) in [7, 11) is 0. The zero-order valence-corrected chi connectivity index (χ0v) is 14.0. The lowest BCUT2D eigenvalue weighted by Gasteiger charge is -2.17. The molecular weight excluding hydrogens is 347 g/mol. The summed E-state index contributed by atoms with van der Waals surface area (Å²) in [6.45, 7) is 0. The maximum Gasteiger partial charge on any atom is 0.278 e. The Hall–Kier alpha value is -3.54. The lowest BCUT2D eigenvalue weighted by molar-refractivity contribution is -0.126. The highest BCUT2D eigenvalue weighted by molar-refractivity contribution is 6.33. The summed E-state index contributed by atoms with van der Waals surface area (Å²) < 4.78 is 13.2. The number of carbonyl (C=O) groups excluding carboxylic acids is 2. The molecule has 0 aromatic heterocycles. The van der Waals surface area contributed by atoms with Crippen LogP contribution < -0.4 is 4.90 Å². The van der Waals surface area contributed by atoms with Crippen molar-refractivity contribution in [1.29, 1.82) is 0 Å². The molecule has 0 unspecified atom stereocenters. The number of benzene rings is 3.